The van der Waals surface area contributed by atoms with E-state index < -0.39 is 17.7 Å². The van der Waals surface area contributed by atoms with Crippen LogP contribution in [0.3, 0.4) is 0 Å². The number of nitrogens with zero attached hydrogens (tertiary/aromatic N) is 1. The van der Waals surface area contributed by atoms with Crippen LogP contribution < -0.4 is 5.73 Å². The number of ether oxygens (including phenoxy) is 3. The number of allylic oxidation sites excluding steroid dienone is 2. The van der Waals surface area contributed by atoms with Crippen LogP contribution in [0.2, 0.25) is 0 Å². The topological polar surface area (TPSA) is 94.6 Å². The monoisotopic (exact) mass is 388 g/mol. The summed E-state index contributed by atoms with van der Waals surface area (Å²) in [6, 6.07) is 6.18. The molecule has 1 aromatic carbocycles. The van der Waals surface area contributed by atoms with E-state index in [4.69, 9.17) is 19.9 Å². The average Bonchev–Trinajstić information content (AvgIpc) is 2.65. The number of esters is 1. The van der Waals surface area contributed by atoms with Crippen molar-refractivity contribution in [3.05, 3.63) is 57.9 Å². The summed E-state index contributed by atoms with van der Waals surface area (Å²) in [5, 5.41) is 9.66. The maximum absolute atomic E-state index is 13.9. The molecule has 0 spiro atoms. The predicted molar refractivity (Wildman–Crippen MR) is 101 cm³/mol. The molecule has 1 heterocycles. The summed E-state index contributed by atoms with van der Waals surface area (Å²) in [7, 11) is 0. The number of nitrogens with two attached hydrogens (primary N) is 1. The van der Waals surface area contributed by atoms with E-state index in [9.17, 15) is 14.4 Å². The SMILES string of the molecule is CCOC(=O)C1=C(C)OC(N)=C(C#N)C1c1ccc(F)cc1COC(C)CC. The van der Waals surface area contributed by atoms with Gasteiger partial charge in [-0.15, -0.1) is 0 Å². The van der Waals surface area contributed by atoms with Crippen molar-refractivity contribution in [3.8, 4) is 6.07 Å². The Morgan fingerprint density at radius 3 is 2.75 bits per heavy atom. The van der Waals surface area contributed by atoms with Crippen molar-refractivity contribution < 1.29 is 23.4 Å². The molecular formula is C21H25FN2O4. The zero-order valence-corrected chi connectivity index (χ0v) is 16.5. The normalized spacial score (nSPS) is 17.8. The van der Waals surface area contributed by atoms with Gasteiger partial charge in [-0.3, -0.25) is 0 Å². The second-order valence-electron chi connectivity index (χ2n) is 6.49. The molecule has 7 heteroatoms. The molecule has 28 heavy (non-hydrogen) atoms. The largest absolute Gasteiger partial charge is 0.463 e. The molecule has 0 saturated carbocycles. The molecule has 2 N–H and O–H groups in total. The van der Waals surface area contributed by atoms with E-state index in [1.807, 2.05) is 19.9 Å². The molecular weight excluding hydrogens is 363 g/mol. The number of carbonyl (C=O) groups excluding carboxylic acids is 1. The first-order valence-corrected chi connectivity index (χ1v) is 9.19. The van der Waals surface area contributed by atoms with E-state index in [2.05, 4.69) is 0 Å². The van der Waals surface area contributed by atoms with Crippen molar-refractivity contribution in [2.75, 3.05) is 6.61 Å². The third kappa shape index (κ3) is 4.52. The summed E-state index contributed by atoms with van der Waals surface area (Å²) >= 11 is 0. The number of benzene rings is 1. The number of hydrogen-bond acceptors (Lipinski definition) is 6. The van der Waals surface area contributed by atoms with Gasteiger partial charge in [-0.05, 0) is 50.5 Å². The van der Waals surface area contributed by atoms with Gasteiger partial charge in [0.25, 0.3) is 0 Å². The molecule has 0 saturated heterocycles. The lowest BCUT2D eigenvalue weighted by Crippen LogP contribution is -2.26. The van der Waals surface area contributed by atoms with Crippen LogP contribution in [0, 0.1) is 17.1 Å². The highest BCUT2D eigenvalue weighted by Crippen LogP contribution is 2.41. The van der Waals surface area contributed by atoms with Crippen LogP contribution in [-0.2, 0) is 25.6 Å². The molecule has 6 nitrogen and oxygen atoms in total. The lowest BCUT2D eigenvalue weighted by Gasteiger charge is -2.28. The van der Waals surface area contributed by atoms with E-state index in [-0.39, 0.29) is 42.1 Å². The third-order valence-corrected chi connectivity index (χ3v) is 4.62. The minimum Gasteiger partial charge on any atom is -0.463 e. The van der Waals surface area contributed by atoms with Crippen molar-refractivity contribution >= 4 is 5.97 Å². The summed E-state index contributed by atoms with van der Waals surface area (Å²) in [5.41, 5.74) is 7.24. The van der Waals surface area contributed by atoms with Crippen molar-refractivity contribution in [2.24, 2.45) is 5.73 Å². The van der Waals surface area contributed by atoms with E-state index in [1.165, 1.54) is 18.2 Å². The molecule has 150 valence electrons. The molecule has 2 unspecified atom stereocenters. The van der Waals surface area contributed by atoms with E-state index in [1.54, 1.807) is 13.8 Å². The van der Waals surface area contributed by atoms with Gasteiger partial charge >= 0.3 is 5.97 Å². The van der Waals surface area contributed by atoms with E-state index in [0.29, 0.717) is 11.1 Å². The Kier molecular flexibility index (Phi) is 7.18. The smallest absolute Gasteiger partial charge is 0.338 e. The van der Waals surface area contributed by atoms with E-state index >= 15 is 0 Å². The molecule has 0 amide bonds. The van der Waals surface area contributed by atoms with Crippen LogP contribution in [-0.4, -0.2) is 18.7 Å². The fourth-order valence-corrected chi connectivity index (χ4v) is 3.00. The zero-order chi connectivity index (χ0) is 20.8. The Hall–Kier alpha value is -2.85. The van der Waals surface area contributed by atoms with Crippen molar-refractivity contribution in [2.45, 2.75) is 52.7 Å². The van der Waals surface area contributed by atoms with Crippen LogP contribution in [0.1, 0.15) is 51.2 Å². The lowest BCUT2D eigenvalue weighted by molar-refractivity contribution is -0.139. The van der Waals surface area contributed by atoms with Gasteiger partial charge in [0.05, 0.1) is 30.8 Å². The van der Waals surface area contributed by atoms with Crippen molar-refractivity contribution in [1.82, 2.24) is 0 Å². The molecule has 0 aromatic heterocycles. The summed E-state index contributed by atoms with van der Waals surface area (Å²) in [6.07, 6.45) is 0.773. The van der Waals surface area contributed by atoms with Crippen molar-refractivity contribution in [1.29, 1.82) is 5.26 Å². The maximum Gasteiger partial charge on any atom is 0.338 e. The van der Waals surface area contributed by atoms with Gasteiger partial charge < -0.3 is 19.9 Å². The Bertz CT molecular complexity index is 854. The number of hydrogen-bond donors (Lipinski definition) is 1. The fraction of sp³-hybridized carbons (Fsp3) is 0.429. The summed E-state index contributed by atoms with van der Waals surface area (Å²) in [4.78, 5) is 12.6. The molecule has 0 bridgehead atoms. The van der Waals surface area contributed by atoms with Gasteiger partial charge in [-0.25, -0.2) is 9.18 Å². The van der Waals surface area contributed by atoms with Crippen molar-refractivity contribution in [3.63, 3.8) is 0 Å². The average molecular weight is 388 g/mol. The number of rotatable bonds is 7. The van der Waals surface area contributed by atoms with Crippen LogP contribution >= 0.6 is 0 Å². The Morgan fingerprint density at radius 2 is 2.14 bits per heavy atom. The predicted octanol–water partition coefficient (Wildman–Crippen LogP) is 3.79. The van der Waals surface area contributed by atoms with Gasteiger partial charge in [0.2, 0.25) is 5.88 Å². The Balaban J connectivity index is 2.61. The summed E-state index contributed by atoms with van der Waals surface area (Å²) in [5.74, 6) is -1.71. The zero-order valence-electron chi connectivity index (χ0n) is 16.5. The summed E-state index contributed by atoms with van der Waals surface area (Å²) in [6.45, 7) is 7.46. The molecule has 0 aliphatic carbocycles. The Morgan fingerprint density at radius 1 is 1.43 bits per heavy atom. The second kappa shape index (κ2) is 9.38. The fourth-order valence-electron chi connectivity index (χ4n) is 3.00. The number of nitriles is 1. The van der Waals surface area contributed by atoms with Gasteiger partial charge in [0.15, 0.2) is 0 Å². The van der Waals surface area contributed by atoms with E-state index in [0.717, 1.165) is 6.42 Å². The van der Waals surface area contributed by atoms with Crippen LogP contribution in [0.5, 0.6) is 0 Å². The first kappa shape index (κ1) is 21.5. The highest BCUT2D eigenvalue weighted by molar-refractivity contribution is 5.92. The molecule has 2 rings (SSSR count). The highest BCUT2D eigenvalue weighted by Gasteiger charge is 2.37. The first-order chi connectivity index (χ1) is 13.3. The molecule has 1 aliphatic rings. The first-order valence-electron chi connectivity index (χ1n) is 9.19. The number of carbonyl (C=O) groups is 1. The van der Waals surface area contributed by atoms with Crippen LogP contribution in [0.25, 0.3) is 0 Å². The molecule has 1 aliphatic heterocycles. The van der Waals surface area contributed by atoms with Crippen LogP contribution in [0.15, 0.2) is 41.0 Å². The lowest BCUT2D eigenvalue weighted by atomic mass is 9.81. The highest BCUT2D eigenvalue weighted by atomic mass is 19.1. The molecule has 1 aromatic rings. The summed E-state index contributed by atoms with van der Waals surface area (Å²) < 4.78 is 30.3. The molecule has 2 atom stereocenters. The second-order valence-corrected chi connectivity index (χ2v) is 6.49. The Labute approximate surface area is 164 Å². The minimum absolute atomic E-state index is 0.0244. The minimum atomic E-state index is -0.825. The quantitative estimate of drug-likeness (QED) is 0.714. The van der Waals surface area contributed by atoms with Crippen LogP contribution in [0.4, 0.5) is 4.39 Å². The van der Waals surface area contributed by atoms with Gasteiger partial charge in [-0.2, -0.15) is 5.26 Å². The molecule has 0 fully saturated rings. The van der Waals surface area contributed by atoms with Gasteiger partial charge in [0, 0.05) is 0 Å². The van der Waals surface area contributed by atoms with Gasteiger partial charge in [0.1, 0.15) is 23.2 Å². The maximum atomic E-state index is 13.9. The standard InChI is InChI=1S/C21H25FN2O4/c1-5-12(3)27-11-14-9-15(22)7-8-16(14)19-17(10-23)20(24)28-13(4)18(19)21(25)26-6-2/h7-9,12,19H,5-6,11,24H2,1-4H3. The third-order valence-electron chi connectivity index (χ3n) is 4.62. The van der Waals surface area contributed by atoms with Gasteiger partial charge in [-0.1, -0.05) is 13.0 Å². The molecule has 0 radical (unpaired) electrons. The number of halogens is 1.